The first kappa shape index (κ1) is 19.2. The van der Waals surface area contributed by atoms with Crippen molar-refractivity contribution in [2.75, 3.05) is 14.2 Å². The van der Waals surface area contributed by atoms with Gasteiger partial charge in [-0.1, -0.05) is 0 Å². The van der Waals surface area contributed by atoms with E-state index < -0.39 is 11.7 Å². The molecule has 0 radical (unpaired) electrons. The number of nitrogens with zero attached hydrogens (tertiary/aromatic N) is 3. The molecule has 2 aromatic heterocycles. The minimum Gasteiger partial charge on any atom is -0.493 e. The average Bonchev–Trinajstić information content (AvgIpc) is 2.98. The van der Waals surface area contributed by atoms with Gasteiger partial charge in [0.25, 0.3) is 0 Å². The second kappa shape index (κ2) is 7.19. The highest BCUT2D eigenvalue weighted by atomic mass is 79.9. The van der Waals surface area contributed by atoms with Crippen molar-refractivity contribution in [1.82, 2.24) is 14.5 Å². The first-order valence-electron chi connectivity index (χ1n) is 8.23. The van der Waals surface area contributed by atoms with E-state index in [9.17, 15) is 4.79 Å². The molecule has 0 aliphatic heterocycles. The zero-order valence-corrected chi connectivity index (χ0v) is 17.3. The third kappa shape index (κ3) is 3.90. The zero-order chi connectivity index (χ0) is 19.8. The Hall–Kier alpha value is -2.61. The lowest BCUT2D eigenvalue weighted by molar-refractivity contribution is 0.0546. The van der Waals surface area contributed by atoms with Crippen molar-refractivity contribution in [3.63, 3.8) is 0 Å². The number of hydrogen-bond acceptors (Lipinski definition) is 6. The summed E-state index contributed by atoms with van der Waals surface area (Å²) in [5.41, 5.74) is 1.68. The number of methoxy groups -OCH3 is 2. The number of ether oxygens (including phenoxy) is 3. The minimum absolute atomic E-state index is 0.414. The Morgan fingerprint density at radius 1 is 1.11 bits per heavy atom. The van der Waals surface area contributed by atoms with Crippen LogP contribution in [0.15, 0.2) is 35.1 Å². The summed E-state index contributed by atoms with van der Waals surface area (Å²) in [6, 6.07) is 7.20. The van der Waals surface area contributed by atoms with Crippen molar-refractivity contribution in [1.29, 1.82) is 0 Å². The van der Waals surface area contributed by atoms with Crippen LogP contribution in [0.4, 0.5) is 4.79 Å². The first-order valence-corrected chi connectivity index (χ1v) is 9.02. The van der Waals surface area contributed by atoms with Gasteiger partial charge in [-0.05, 0) is 61.0 Å². The van der Waals surface area contributed by atoms with E-state index in [-0.39, 0.29) is 0 Å². The Morgan fingerprint density at radius 3 is 2.44 bits per heavy atom. The molecule has 0 bridgehead atoms. The Morgan fingerprint density at radius 2 is 1.81 bits per heavy atom. The van der Waals surface area contributed by atoms with E-state index in [1.54, 1.807) is 38.6 Å². The molecule has 0 saturated heterocycles. The molecule has 7 nitrogen and oxygen atoms in total. The van der Waals surface area contributed by atoms with Gasteiger partial charge < -0.3 is 14.2 Å². The predicted molar refractivity (Wildman–Crippen MR) is 105 cm³/mol. The van der Waals surface area contributed by atoms with Gasteiger partial charge in [0.05, 0.1) is 26.1 Å². The van der Waals surface area contributed by atoms with Gasteiger partial charge in [0.2, 0.25) is 0 Å². The molecule has 0 unspecified atom stereocenters. The Kier molecular flexibility index (Phi) is 5.10. The van der Waals surface area contributed by atoms with Crippen molar-refractivity contribution in [2.24, 2.45) is 0 Å². The normalized spacial score (nSPS) is 11.5. The highest BCUT2D eigenvalue weighted by Crippen LogP contribution is 2.34. The first-order chi connectivity index (χ1) is 12.7. The number of aromatic nitrogens is 3. The maximum atomic E-state index is 12.9. The number of hydrogen-bond donors (Lipinski definition) is 0. The van der Waals surface area contributed by atoms with E-state index in [0.29, 0.717) is 33.0 Å². The molecule has 0 atom stereocenters. The summed E-state index contributed by atoms with van der Waals surface area (Å²) in [5, 5.41) is 0. The maximum Gasteiger partial charge on any atom is 0.420 e. The standard InChI is InChI=1S/C19H20BrN3O4/c1-19(2,3)27-18(24)23-13(9-12-17(23)21-10-16(20)22-12)11-6-7-14(25-4)15(8-11)26-5/h6-10H,1-5H3. The molecular formula is C19H20BrN3O4. The summed E-state index contributed by atoms with van der Waals surface area (Å²) in [6.45, 7) is 5.44. The molecule has 3 rings (SSSR count). The van der Waals surface area contributed by atoms with Gasteiger partial charge in [0.1, 0.15) is 15.7 Å². The Bertz CT molecular complexity index is 1010. The molecule has 2 heterocycles. The van der Waals surface area contributed by atoms with Crippen molar-refractivity contribution in [3.05, 3.63) is 35.1 Å². The van der Waals surface area contributed by atoms with Crippen LogP contribution in [-0.2, 0) is 4.74 Å². The molecular weight excluding hydrogens is 414 g/mol. The number of carbonyl (C=O) groups is 1. The molecule has 0 amide bonds. The molecule has 0 aliphatic carbocycles. The number of halogens is 1. The summed E-state index contributed by atoms with van der Waals surface area (Å²) >= 11 is 3.31. The maximum absolute atomic E-state index is 12.9. The zero-order valence-electron chi connectivity index (χ0n) is 15.7. The number of benzene rings is 1. The van der Waals surface area contributed by atoms with Gasteiger partial charge in [0.15, 0.2) is 17.1 Å². The minimum atomic E-state index is -0.647. The third-order valence-electron chi connectivity index (χ3n) is 3.73. The van der Waals surface area contributed by atoms with Crippen LogP contribution in [0.2, 0.25) is 0 Å². The van der Waals surface area contributed by atoms with Crippen LogP contribution in [0.25, 0.3) is 22.4 Å². The van der Waals surface area contributed by atoms with Gasteiger partial charge in [-0.25, -0.2) is 19.3 Å². The lowest BCUT2D eigenvalue weighted by atomic mass is 10.1. The van der Waals surface area contributed by atoms with Crippen molar-refractivity contribution in [3.8, 4) is 22.8 Å². The van der Waals surface area contributed by atoms with Crippen molar-refractivity contribution >= 4 is 33.2 Å². The molecule has 0 spiro atoms. The van der Waals surface area contributed by atoms with E-state index in [4.69, 9.17) is 14.2 Å². The van der Waals surface area contributed by atoms with E-state index in [0.717, 1.165) is 5.56 Å². The summed E-state index contributed by atoms with van der Waals surface area (Å²) in [4.78, 5) is 21.7. The molecule has 0 aliphatic rings. The van der Waals surface area contributed by atoms with Crippen LogP contribution >= 0.6 is 15.9 Å². The molecule has 0 fully saturated rings. The highest BCUT2D eigenvalue weighted by Gasteiger charge is 2.24. The number of fused-ring (bicyclic) bond motifs is 1. The topological polar surface area (TPSA) is 75.5 Å². The van der Waals surface area contributed by atoms with Gasteiger partial charge >= 0.3 is 6.09 Å². The smallest absolute Gasteiger partial charge is 0.420 e. The van der Waals surface area contributed by atoms with Gasteiger partial charge in [-0.2, -0.15) is 0 Å². The van der Waals surface area contributed by atoms with E-state index in [2.05, 4.69) is 25.9 Å². The SMILES string of the molecule is COc1ccc(-c2cc3nc(Br)cnc3n2C(=O)OC(C)(C)C)cc1OC. The molecule has 1 aromatic carbocycles. The lowest BCUT2D eigenvalue weighted by Crippen LogP contribution is -2.27. The summed E-state index contributed by atoms with van der Waals surface area (Å²) < 4.78 is 18.2. The molecule has 0 N–H and O–H groups in total. The van der Waals surface area contributed by atoms with E-state index in [1.807, 2.05) is 26.8 Å². The molecule has 27 heavy (non-hydrogen) atoms. The van der Waals surface area contributed by atoms with Gasteiger partial charge in [-0.3, -0.25) is 0 Å². The molecule has 0 saturated carbocycles. The molecule has 8 heteroatoms. The second-order valence-corrected chi connectivity index (χ2v) is 7.63. The predicted octanol–water partition coefficient (Wildman–Crippen LogP) is 4.66. The Labute approximate surface area is 165 Å². The van der Waals surface area contributed by atoms with Crippen molar-refractivity contribution < 1.29 is 19.0 Å². The van der Waals surface area contributed by atoms with Crippen LogP contribution in [0, 0.1) is 0 Å². The second-order valence-electron chi connectivity index (χ2n) is 6.82. The largest absolute Gasteiger partial charge is 0.493 e. The molecule has 3 aromatic rings. The van der Waals surface area contributed by atoms with E-state index in [1.165, 1.54) is 4.57 Å². The summed E-state index contributed by atoms with van der Waals surface area (Å²) in [6.07, 6.45) is 1.01. The number of carbonyl (C=O) groups excluding carboxylic acids is 1. The fourth-order valence-corrected chi connectivity index (χ4v) is 2.95. The van der Waals surface area contributed by atoms with Crippen LogP contribution in [0.1, 0.15) is 20.8 Å². The third-order valence-corrected chi connectivity index (χ3v) is 4.11. The Balaban J connectivity index is 2.23. The van der Waals surface area contributed by atoms with Crippen LogP contribution < -0.4 is 9.47 Å². The quantitative estimate of drug-likeness (QED) is 0.597. The van der Waals surface area contributed by atoms with Crippen LogP contribution in [-0.4, -0.2) is 40.4 Å². The fourth-order valence-electron chi connectivity index (χ4n) is 2.65. The van der Waals surface area contributed by atoms with E-state index >= 15 is 0 Å². The average molecular weight is 434 g/mol. The highest BCUT2D eigenvalue weighted by molar-refractivity contribution is 9.10. The lowest BCUT2D eigenvalue weighted by Gasteiger charge is -2.20. The molecule has 142 valence electrons. The summed E-state index contributed by atoms with van der Waals surface area (Å²) in [5.74, 6) is 1.15. The van der Waals surface area contributed by atoms with Crippen LogP contribution in [0.5, 0.6) is 11.5 Å². The van der Waals surface area contributed by atoms with Gasteiger partial charge in [0, 0.05) is 5.56 Å². The number of rotatable bonds is 3. The monoisotopic (exact) mass is 433 g/mol. The summed E-state index contributed by atoms with van der Waals surface area (Å²) in [7, 11) is 3.13. The van der Waals surface area contributed by atoms with Crippen molar-refractivity contribution in [2.45, 2.75) is 26.4 Å². The van der Waals surface area contributed by atoms with Crippen LogP contribution in [0.3, 0.4) is 0 Å². The fraction of sp³-hybridized carbons (Fsp3) is 0.316. The van der Waals surface area contributed by atoms with Gasteiger partial charge in [-0.15, -0.1) is 0 Å².